The first-order valence-electron chi connectivity index (χ1n) is 8.49. The molecule has 0 bridgehead atoms. The molecule has 0 aromatic carbocycles. The monoisotopic (exact) mass is 369 g/mol. The van der Waals surface area contributed by atoms with Crippen LogP contribution in [0.25, 0.3) is 0 Å². The van der Waals surface area contributed by atoms with Crippen LogP contribution in [-0.2, 0) is 9.53 Å². The zero-order valence-corrected chi connectivity index (χ0v) is 15.9. The van der Waals surface area contributed by atoms with Crippen LogP contribution in [-0.4, -0.2) is 63.3 Å². The zero-order chi connectivity index (χ0) is 14.9. The van der Waals surface area contributed by atoms with Crippen LogP contribution in [0.1, 0.15) is 38.5 Å². The number of ether oxygens (including phenoxy) is 1. The predicted molar refractivity (Wildman–Crippen MR) is 98.8 cm³/mol. The molecular formula is C16H33Cl2N3O2. The van der Waals surface area contributed by atoms with Gasteiger partial charge in [0, 0.05) is 45.8 Å². The van der Waals surface area contributed by atoms with Crippen LogP contribution in [0.4, 0.5) is 0 Å². The van der Waals surface area contributed by atoms with Crippen molar-refractivity contribution in [3.8, 4) is 0 Å². The quantitative estimate of drug-likeness (QED) is 0.641. The van der Waals surface area contributed by atoms with Crippen molar-refractivity contribution < 1.29 is 9.53 Å². The number of carbonyl (C=O) groups excluding carboxylic acids is 1. The summed E-state index contributed by atoms with van der Waals surface area (Å²) >= 11 is 0. The molecule has 0 radical (unpaired) electrons. The Bertz CT molecular complexity index is 308. The molecule has 0 aromatic heterocycles. The van der Waals surface area contributed by atoms with Gasteiger partial charge < -0.3 is 20.3 Å². The van der Waals surface area contributed by atoms with Crippen molar-refractivity contribution in [2.24, 2.45) is 5.92 Å². The Balaban J connectivity index is 0.00000242. The van der Waals surface area contributed by atoms with Gasteiger partial charge in [0.05, 0.1) is 0 Å². The van der Waals surface area contributed by atoms with Crippen LogP contribution >= 0.6 is 24.8 Å². The molecule has 138 valence electrons. The minimum Gasteiger partial charge on any atom is -0.385 e. The summed E-state index contributed by atoms with van der Waals surface area (Å²) < 4.78 is 5.09. The van der Waals surface area contributed by atoms with E-state index in [2.05, 4.69) is 15.5 Å². The number of halogens is 2. The van der Waals surface area contributed by atoms with Gasteiger partial charge in [0.2, 0.25) is 5.91 Å². The summed E-state index contributed by atoms with van der Waals surface area (Å²) in [5.74, 6) is 0.957. The Morgan fingerprint density at radius 2 is 2.00 bits per heavy atom. The van der Waals surface area contributed by atoms with Crippen molar-refractivity contribution in [2.75, 3.05) is 46.4 Å². The highest BCUT2D eigenvalue weighted by Gasteiger charge is 2.21. The maximum atomic E-state index is 12.0. The molecule has 1 amide bonds. The molecule has 0 spiro atoms. The van der Waals surface area contributed by atoms with Gasteiger partial charge in [-0.3, -0.25) is 4.79 Å². The van der Waals surface area contributed by atoms with E-state index in [0.717, 1.165) is 65.0 Å². The SMILES string of the molecule is COCCCN1CCC(NC(=O)CCC2CCNC2)CC1.Cl.Cl. The number of amides is 1. The molecule has 2 rings (SSSR count). The number of hydrogen-bond donors (Lipinski definition) is 2. The molecule has 2 aliphatic heterocycles. The van der Waals surface area contributed by atoms with Gasteiger partial charge in [-0.05, 0) is 51.1 Å². The molecule has 2 aliphatic rings. The lowest BCUT2D eigenvalue weighted by molar-refractivity contribution is -0.122. The second kappa shape index (κ2) is 13.2. The molecule has 2 fully saturated rings. The number of nitrogens with zero attached hydrogens (tertiary/aromatic N) is 1. The number of carbonyl (C=O) groups is 1. The third-order valence-corrected chi connectivity index (χ3v) is 4.72. The highest BCUT2D eigenvalue weighted by atomic mass is 35.5. The van der Waals surface area contributed by atoms with Crippen LogP contribution in [0.5, 0.6) is 0 Å². The molecule has 2 saturated heterocycles. The molecule has 0 aromatic rings. The highest BCUT2D eigenvalue weighted by Crippen LogP contribution is 2.15. The Hall–Kier alpha value is -0.0700. The standard InChI is InChI=1S/C16H31N3O2.2ClH/c1-21-12-2-9-19-10-6-15(7-11-19)18-16(20)4-3-14-5-8-17-13-14;;/h14-15,17H,2-13H2,1H3,(H,18,20);2*1H. The van der Waals surface area contributed by atoms with Gasteiger partial charge in [-0.25, -0.2) is 0 Å². The van der Waals surface area contributed by atoms with Crippen LogP contribution in [0.15, 0.2) is 0 Å². The van der Waals surface area contributed by atoms with Crippen molar-refractivity contribution >= 4 is 30.7 Å². The Labute approximate surface area is 153 Å². The van der Waals surface area contributed by atoms with Crippen LogP contribution in [0.2, 0.25) is 0 Å². The van der Waals surface area contributed by atoms with E-state index in [4.69, 9.17) is 4.74 Å². The second-order valence-corrected chi connectivity index (χ2v) is 6.43. The average molecular weight is 370 g/mol. The number of methoxy groups -OCH3 is 1. The van der Waals surface area contributed by atoms with E-state index in [9.17, 15) is 4.79 Å². The molecule has 1 atom stereocenters. The van der Waals surface area contributed by atoms with Crippen molar-refractivity contribution in [3.63, 3.8) is 0 Å². The number of likely N-dealkylation sites (tertiary alicyclic amines) is 1. The highest BCUT2D eigenvalue weighted by molar-refractivity contribution is 5.85. The first-order valence-corrected chi connectivity index (χ1v) is 8.49. The van der Waals surface area contributed by atoms with E-state index in [1.165, 1.54) is 6.42 Å². The Morgan fingerprint density at radius 1 is 1.26 bits per heavy atom. The average Bonchev–Trinajstić information content (AvgIpc) is 3.01. The lowest BCUT2D eigenvalue weighted by Gasteiger charge is -2.32. The summed E-state index contributed by atoms with van der Waals surface area (Å²) in [6, 6.07) is 0.387. The lowest BCUT2D eigenvalue weighted by atomic mass is 10.0. The molecular weight excluding hydrogens is 337 g/mol. The zero-order valence-electron chi connectivity index (χ0n) is 14.2. The first-order chi connectivity index (χ1) is 10.3. The fourth-order valence-corrected chi connectivity index (χ4v) is 3.33. The van der Waals surface area contributed by atoms with E-state index in [1.807, 2.05) is 0 Å². The van der Waals surface area contributed by atoms with E-state index in [1.54, 1.807) is 7.11 Å². The van der Waals surface area contributed by atoms with Crippen molar-refractivity contribution in [1.29, 1.82) is 0 Å². The van der Waals surface area contributed by atoms with Gasteiger partial charge >= 0.3 is 0 Å². The lowest BCUT2D eigenvalue weighted by Crippen LogP contribution is -2.45. The molecule has 2 N–H and O–H groups in total. The van der Waals surface area contributed by atoms with Crippen molar-refractivity contribution in [2.45, 2.75) is 44.6 Å². The summed E-state index contributed by atoms with van der Waals surface area (Å²) in [7, 11) is 1.75. The number of piperidine rings is 1. The van der Waals surface area contributed by atoms with Crippen molar-refractivity contribution in [3.05, 3.63) is 0 Å². The van der Waals surface area contributed by atoms with E-state index >= 15 is 0 Å². The minimum absolute atomic E-state index is 0. The summed E-state index contributed by atoms with van der Waals surface area (Å²) in [5.41, 5.74) is 0. The Morgan fingerprint density at radius 3 is 2.61 bits per heavy atom. The van der Waals surface area contributed by atoms with Crippen LogP contribution < -0.4 is 10.6 Å². The van der Waals surface area contributed by atoms with Crippen LogP contribution in [0.3, 0.4) is 0 Å². The molecule has 0 saturated carbocycles. The number of nitrogens with one attached hydrogen (secondary N) is 2. The third-order valence-electron chi connectivity index (χ3n) is 4.72. The fourth-order valence-electron chi connectivity index (χ4n) is 3.33. The summed E-state index contributed by atoms with van der Waals surface area (Å²) in [6.07, 6.45) is 6.23. The molecule has 7 heteroatoms. The van der Waals surface area contributed by atoms with Gasteiger partial charge in [-0.2, -0.15) is 0 Å². The van der Waals surface area contributed by atoms with Crippen LogP contribution in [0, 0.1) is 5.92 Å². The van der Waals surface area contributed by atoms with Gasteiger partial charge in [0.15, 0.2) is 0 Å². The fraction of sp³-hybridized carbons (Fsp3) is 0.938. The molecule has 0 aliphatic carbocycles. The van der Waals surface area contributed by atoms with Gasteiger partial charge in [0.25, 0.3) is 0 Å². The number of rotatable bonds is 8. The molecule has 5 nitrogen and oxygen atoms in total. The number of hydrogen-bond acceptors (Lipinski definition) is 4. The van der Waals surface area contributed by atoms with E-state index in [-0.39, 0.29) is 30.7 Å². The van der Waals surface area contributed by atoms with E-state index < -0.39 is 0 Å². The maximum Gasteiger partial charge on any atom is 0.220 e. The van der Waals surface area contributed by atoms with Gasteiger partial charge in [-0.1, -0.05) is 0 Å². The second-order valence-electron chi connectivity index (χ2n) is 6.43. The smallest absolute Gasteiger partial charge is 0.220 e. The predicted octanol–water partition coefficient (Wildman–Crippen LogP) is 1.84. The summed E-state index contributed by atoms with van der Waals surface area (Å²) in [6.45, 7) is 6.36. The molecule has 2 heterocycles. The largest absolute Gasteiger partial charge is 0.385 e. The van der Waals surface area contributed by atoms with Gasteiger partial charge in [-0.15, -0.1) is 24.8 Å². The summed E-state index contributed by atoms with van der Waals surface area (Å²) in [4.78, 5) is 14.5. The van der Waals surface area contributed by atoms with Gasteiger partial charge in [0.1, 0.15) is 0 Å². The van der Waals surface area contributed by atoms with Crippen molar-refractivity contribution in [1.82, 2.24) is 15.5 Å². The third kappa shape index (κ3) is 9.11. The molecule has 1 unspecified atom stereocenters. The summed E-state index contributed by atoms with van der Waals surface area (Å²) in [5, 5.41) is 6.58. The first kappa shape index (κ1) is 22.9. The minimum atomic E-state index is 0. The topological polar surface area (TPSA) is 53.6 Å². The normalized spacial score (nSPS) is 22.2. The maximum absolute atomic E-state index is 12.0. The molecule has 23 heavy (non-hydrogen) atoms. The van der Waals surface area contributed by atoms with E-state index in [0.29, 0.717) is 18.4 Å². The Kier molecular flexibility index (Phi) is 13.2.